The topological polar surface area (TPSA) is 52.0 Å². The number of carbonyl (C=O) groups is 1. The highest BCUT2D eigenvalue weighted by molar-refractivity contribution is 8.00. The summed E-state index contributed by atoms with van der Waals surface area (Å²) in [5, 5.41) is 1.36. The Morgan fingerprint density at radius 2 is 2.08 bits per heavy atom. The number of carbonyl (C=O) groups excluding carboxylic acids is 1. The molecule has 0 saturated heterocycles. The van der Waals surface area contributed by atoms with Crippen molar-refractivity contribution in [2.24, 2.45) is 7.05 Å². The van der Waals surface area contributed by atoms with Gasteiger partial charge in [0, 0.05) is 22.5 Å². The zero-order valence-electron chi connectivity index (χ0n) is 14.3. The summed E-state index contributed by atoms with van der Waals surface area (Å²) >= 11 is 8.77. The highest BCUT2D eigenvalue weighted by atomic mass is 35.5. The van der Waals surface area contributed by atoms with E-state index >= 15 is 0 Å². The number of hydrogen-bond acceptors (Lipinski definition) is 5. The third-order valence-corrected chi connectivity index (χ3v) is 6.61. The van der Waals surface area contributed by atoms with Crippen LogP contribution in [0.1, 0.15) is 27.7 Å². The number of benzene rings is 1. The lowest BCUT2D eigenvalue weighted by molar-refractivity contribution is 0.0994. The predicted octanol–water partition coefficient (Wildman–Crippen LogP) is 4.63. The van der Waals surface area contributed by atoms with Crippen molar-refractivity contribution >= 4 is 50.7 Å². The normalized spacial score (nSPS) is 12.5. The lowest BCUT2D eigenvalue weighted by atomic mass is 10.1. The minimum Gasteiger partial charge on any atom is -0.293 e. The van der Waals surface area contributed by atoms with E-state index in [1.165, 1.54) is 27.7 Å². The van der Waals surface area contributed by atoms with Crippen molar-refractivity contribution in [3.05, 3.63) is 55.6 Å². The van der Waals surface area contributed by atoms with Gasteiger partial charge in [0.05, 0.1) is 10.6 Å². The molecule has 0 bridgehead atoms. The largest absolute Gasteiger partial charge is 0.293 e. The highest BCUT2D eigenvalue weighted by Crippen LogP contribution is 2.30. The Morgan fingerprint density at radius 3 is 2.76 bits per heavy atom. The summed E-state index contributed by atoms with van der Waals surface area (Å²) in [7, 11) is 1.69. The van der Waals surface area contributed by atoms with Crippen molar-refractivity contribution in [2.45, 2.75) is 31.2 Å². The molecule has 0 amide bonds. The van der Waals surface area contributed by atoms with E-state index in [-0.39, 0.29) is 16.6 Å². The molecule has 0 aliphatic carbocycles. The quantitative estimate of drug-likeness (QED) is 0.369. The maximum atomic E-state index is 12.7. The van der Waals surface area contributed by atoms with Crippen LogP contribution in [0.4, 0.5) is 0 Å². The molecule has 0 fully saturated rings. The average molecular weight is 393 g/mol. The molecule has 0 radical (unpaired) electrons. The minimum atomic E-state index is -0.379. The molecular formula is C18H17ClN2O2S2. The van der Waals surface area contributed by atoms with Crippen molar-refractivity contribution in [3.63, 3.8) is 0 Å². The zero-order valence-corrected chi connectivity index (χ0v) is 16.7. The number of thioether (sulfide) groups is 1. The Kier molecular flexibility index (Phi) is 5.04. The molecule has 3 aromatic rings. The molecule has 3 rings (SSSR count). The molecule has 130 valence electrons. The molecule has 2 aromatic heterocycles. The Balaban J connectivity index is 1.96. The van der Waals surface area contributed by atoms with Gasteiger partial charge in [-0.25, -0.2) is 4.98 Å². The number of nitrogens with zero attached hydrogens (tertiary/aromatic N) is 2. The van der Waals surface area contributed by atoms with Gasteiger partial charge in [-0.3, -0.25) is 14.2 Å². The minimum absolute atomic E-state index is 0.0413. The summed E-state index contributed by atoms with van der Waals surface area (Å²) in [6.07, 6.45) is 0. The van der Waals surface area contributed by atoms with Crippen molar-refractivity contribution in [3.8, 4) is 0 Å². The number of ketones is 1. The Morgan fingerprint density at radius 1 is 1.36 bits per heavy atom. The van der Waals surface area contributed by atoms with Gasteiger partial charge in [0.1, 0.15) is 4.83 Å². The van der Waals surface area contributed by atoms with E-state index in [1.54, 1.807) is 31.3 Å². The van der Waals surface area contributed by atoms with Crippen LogP contribution in [0.3, 0.4) is 0 Å². The molecule has 4 nitrogen and oxygen atoms in total. The molecule has 0 aliphatic heterocycles. The summed E-state index contributed by atoms with van der Waals surface area (Å²) in [6, 6.07) is 6.89. The molecule has 0 aliphatic rings. The molecule has 25 heavy (non-hydrogen) atoms. The van der Waals surface area contributed by atoms with Crippen LogP contribution in [0.15, 0.2) is 34.2 Å². The Hall–Kier alpha value is -1.63. The lowest BCUT2D eigenvalue weighted by Crippen LogP contribution is -2.22. The molecular weight excluding hydrogens is 376 g/mol. The van der Waals surface area contributed by atoms with E-state index in [0.29, 0.717) is 21.1 Å². The van der Waals surface area contributed by atoms with Crippen LogP contribution in [0.25, 0.3) is 10.2 Å². The first-order valence-corrected chi connectivity index (χ1v) is 9.80. The van der Waals surface area contributed by atoms with Gasteiger partial charge in [-0.15, -0.1) is 11.3 Å². The number of thiophene rings is 1. The smallest absolute Gasteiger partial charge is 0.262 e. The second kappa shape index (κ2) is 6.94. The van der Waals surface area contributed by atoms with E-state index in [4.69, 9.17) is 11.6 Å². The first kappa shape index (κ1) is 18.2. The van der Waals surface area contributed by atoms with Crippen molar-refractivity contribution < 1.29 is 4.79 Å². The van der Waals surface area contributed by atoms with Crippen LogP contribution in [-0.4, -0.2) is 20.6 Å². The number of Topliss-reactive ketones (excluding diaryl/α,β-unsaturated/α-hetero) is 1. The van der Waals surface area contributed by atoms with Gasteiger partial charge < -0.3 is 0 Å². The van der Waals surface area contributed by atoms with E-state index in [2.05, 4.69) is 4.98 Å². The van der Waals surface area contributed by atoms with Gasteiger partial charge in [0.25, 0.3) is 5.56 Å². The van der Waals surface area contributed by atoms with E-state index in [0.717, 1.165) is 15.3 Å². The second-order valence-electron chi connectivity index (χ2n) is 5.86. The first-order chi connectivity index (χ1) is 11.8. The molecule has 2 heterocycles. The number of aromatic nitrogens is 2. The maximum Gasteiger partial charge on any atom is 0.262 e. The summed E-state index contributed by atoms with van der Waals surface area (Å²) in [5.41, 5.74) is 1.46. The van der Waals surface area contributed by atoms with Crippen LogP contribution in [0, 0.1) is 13.8 Å². The van der Waals surface area contributed by atoms with Crippen LogP contribution in [-0.2, 0) is 7.05 Å². The van der Waals surface area contributed by atoms with Crippen molar-refractivity contribution in [2.75, 3.05) is 0 Å². The molecule has 1 aromatic carbocycles. The third-order valence-electron chi connectivity index (χ3n) is 4.13. The van der Waals surface area contributed by atoms with Crippen LogP contribution in [0.5, 0.6) is 0 Å². The fourth-order valence-corrected chi connectivity index (χ4v) is 4.76. The molecule has 1 unspecified atom stereocenters. The van der Waals surface area contributed by atoms with Crippen LogP contribution >= 0.6 is 34.7 Å². The van der Waals surface area contributed by atoms with Crippen molar-refractivity contribution in [1.82, 2.24) is 9.55 Å². The van der Waals surface area contributed by atoms with Crippen LogP contribution < -0.4 is 5.56 Å². The second-order valence-corrected chi connectivity index (χ2v) is 8.80. The van der Waals surface area contributed by atoms with Crippen LogP contribution in [0.2, 0.25) is 5.02 Å². The standard InChI is InChI=1S/C18H17ClN2O2S2/c1-9-10(2)24-16-14(9)17(23)21(4)18(20-16)25-11(3)15(22)12-6-5-7-13(19)8-12/h5-8,11H,1-4H3. The summed E-state index contributed by atoms with van der Waals surface area (Å²) < 4.78 is 1.52. The first-order valence-electron chi connectivity index (χ1n) is 7.72. The average Bonchev–Trinajstić information content (AvgIpc) is 2.86. The predicted molar refractivity (Wildman–Crippen MR) is 105 cm³/mol. The van der Waals surface area contributed by atoms with Gasteiger partial charge in [-0.1, -0.05) is 35.5 Å². The molecule has 7 heteroatoms. The monoisotopic (exact) mass is 392 g/mol. The Bertz CT molecular complexity index is 1040. The number of fused-ring (bicyclic) bond motifs is 1. The van der Waals surface area contributed by atoms with Gasteiger partial charge in [-0.2, -0.15) is 0 Å². The van der Waals surface area contributed by atoms with E-state index < -0.39 is 0 Å². The van der Waals surface area contributed by atoms with Gasteiger partial charge in [-0.05, 0) is 38.5 Å². The van der Waals surface area contributed by atoms with Gasteiger partial charge >= 0.3 is 0 Å². The number of rotatable bonds is 4. The number of aryl methyl sites for hydroxylation is 2. The summed E-state index contributed by atoms with van der Waals surface area (Å²) in [4.78, 5) is 31.7. The fourth-order valence-electron chi connectivity index (χ4n) is 2.55. The zero-order chi connectivity index (χ0) is 18.3. The van der Waals surface area contributed by atoms with E-state index in [9.17, 15) is 9.59 Å². The molecule has 1 atom stereocenters. The maximum absolute atomic E-state index is 12.7. The third kappa shape index (κ3) is 3.38. The lowest BCUT2D eigenvalue weighted by Gasteiger charge is -2.12. The van der Waals surface area contributed by atoms with E-state index in [1.807, 2.05) is 20.8 Å². The SMILES string of the molecule is Cc1sc2nc(SC(C)C(=O)c3cccc(Cl)c3)n(C)c(=O)c2c1C. The summed E-state index contributed by atoms with van der Waals surface area (Å²) in [6.45, 7) is 5.74. The van der Waals surface area contributed by atoms with Gasteiger partial charge in [0.15, 0.2) is 10.9 Å². The number of hydrogen-bond donors (Lipinski definition) is 0. The molecule has 0 saturated carbocycles. The van der Waals surface area contributed by atoms with Crippen molar-refractivity contribution in [1.29, 1.82) is 0 Å². The van der Waals surface area contributed by atoms with Gasteiger partial charge in [0.2, 0.25) is 0 Å². The number of halogens is 1. The molecule has 0 spiro atoms. The summed E-state index contributed by atoms with van der Waals surface area (Å²) in [5.74, 6) is -0.0413. The Labute approximate surface area is 158 Å². The fraction of sp³-hybridized carbons (Fsp3) is 0.278. The molecule has 0 N–H and O–H groups in total. The highest BCUT2D eigenvalue weighted by Gasteiger charge is 2.21.